The number of rotatable bonds is 6. The van der Waals surface area contributed by atoms with Gasteiger partial charge in [-0.15, -0.1) is 11.3 Å². The summed E-state index contributed by atoms with van der Waals surface area (Å²) >= 11 is 3.32. The number of esters is 1. The Balaban J connectivity index is 1.40. The Hall–Kier alpha value is -2.57. The third kappa shape index (κ3) is 4.13. The maximum Gasteiger partial charge on any atom is 0.306 e. The fourth-order valence-electron chi connectivity index (χ4n) is 3.11. The average Bonchev–Trinajstić information content (AvgIpc) is 3.23. The number of benzene rings is 2. The summed E-state index contributed by atoms with van der Waals surface area (Å²) in [4.78, 5) is 29.9. The van der Waals surface area contributed by atoms with Gasteiger partial charge in [-0.05, 0) is 48.6 Å². The van der Waals surface area contributed by atoms with Crippen LogP contribution in [0.5, 0.6) is 0 Å². The predicted molar refractivity (Wildman–Crippen MR) is 112 cm³/mol. The van der Waals surface area contributed by atoms with Crippen molar-refractivity contribution in [1.82, 2.24) is 0 Å². The van der Waals surface area contributed by atoms with Gasteiger partial charge in [0.25, 0.3) is 5.91 Å². The highest BCUT2D eigenvalue weighted by Gasteiger charge is 2.28. The summed E-state index contributed by atoms with van der Waals surface area (Å²) in [6.07, 6.45) is 1.89. The first kappa shape index (κ1) is 18.8. The Labute approximate surface area is 172 Å². The molecule has 0 bridgehead atoms. The second kappa shape index (κ2) is 8.63. The number of hydrogen-bond donors (Lipinski definition) is 0. The van der Waals surface area contributed by atoms with E-state index in [4.69, 9.17) is 4.74 Å². The summed E-state index contributed by atoms with van der Waals surface area (Å²) in [6, 6.07) is 19.6. The van der Waals surface area contributed by atoms with Crippen molar-refractivity contribution in [2.45, 2.75) is 29.1 Å². The van der Waals surface area contributed by atoms with Crippen LogP contribution in [0.4, 0.5) is 11.4 Å². The molecule has 0 saturated heterocycles. The zero-order valence-electron chi connectivity index (χ0n) is 15.2. The van der Waals surface area contributed by atoms with Gasteiger partial charge in [0.1, 0.15) is 0 Å². The summed E-state index contributed by atoms with van der Waals surface area (Å²) in [5, 5.41) is 2.03. The number of carbonyl (C=O) groups is 2. The minimum absolute atomic E-state index is 0.244. The van der Waals surface area contributed by atoms with Crippen LogP contribution in [0, 0.1) is 0 Å². The lowest BCUT2D eigenvalue weighted by atomic mass is 10.2. The second-order valence-electron chi connectivity index (χ2n) is 6.36. The Morgan fingerprint density at radius 1 is 0.893 bits per heavy atom. The third-order valence-corrected chi connectivity index (χ3v) is 6.49. The van der Waals surface area contributed by atoms with Crippen LogP contribution in [0.25, 0.3) is 0 Å². The van der Waals surface area contributed by atoms with E-state index in [0.717, 1.165) is 34.0 Å². The fourth-order valence-corrected chi connectivity index (χ4v) is 4.92. The Morgan fingerprint density at radius 2 is 1.57 bits per heavy atom. The summed E-state index contributed by atoms with van der Waals surface area (Å²) < 4.78 is 5.27. The molecular formula is C22H19NO3S2. The number of anilines is 2. The first-order valence-electron chi connectivity index (χ1n) is 9.09. The van der Waals surface area contributed by atoms with Crippen molar-refractivity contribution in [3.05, 3.63) is 70.9 Å². The molecule has 4 nitrogen and oxygen atoms in total. The molecule has 1 aliphatic heterocycles. The lowest BCUT2D eigenvalue weighted by Crippen LogP contribution is -2.32. The van der Waals surface area contributed by atoms with E-state index in [2.05, 4.69) is 6.07 Å². The van der Waals surface area contributed by atoms with E-state index < -0.39 is 0 Å². The summed E-state index contributed by atoms with van der Waals surface area (Å²) in [5.74, 6) is -0.579. The molecule has 0 saturated carbocycles. The van der Waals surface area contributed by atoms with Crippen LogP contribution < -0.4 is 4.90 Å². The van der Waals surface area contributed by atoms with E-state index in [9.17, 15) is 9.59 Å². The van der Waals surface area contributed by atoms with Crippen LogP contribution in [-0.2, 0) is 20.7 Å². The molecule has 1 amide bonds. The molecule has 0 aliphatic carbocycles. The van der Waals surface area contributed by atoms with Crippen LogP contribution in [0.1, 0.15) is 17.7 Å². The number of carbonyl (C=O) groups excluding carboxylic acids is 2. The third-order valence-electron chi connectivity index (χ3n) is 4.42. The van der Waals surface area contributed by atoms with Crippen LogP contribution in [0.15, 0.2) is 75.8 Å². The first-order chi connectivity index (χ1) is 13.7. The molecule has 2 heterocycles. The highest BCUT2D eigenvalue weighted by Crippen LogP contribution is 2.47. The number of aryl methyl sites for hydroxylation is 1. The largest absolute Gasteiger partial charge is 0.456 e. The smallest absolute Gasteiger partial charge is 0.306 e. The molecule has 0 spiro atoms. The van der Waals surface area contributed by atoms with Crippen molar-refractivity contribution < 1.29 is 14.3 Å². The molecule has 3 aromatic rings. The van der Waals surface area contributed by atoms with Gasteiger partial charge in [0.15, 0.2) is 6.61 Å². The van der Waals surface area contributed by atoms with Gasteiger partial charge in [-0.3, -0.25) is 14.5 Å². The highest BCUT2D eigenvalue weighted by atomic mass is 32.2. The van der Waals surface area contributed by atoms with Crippen LogP contribution in [0.3, 0.4) is 0 Å². The topological polar surface area (TPSA) is 46.6 Å². The van der Waals surface area contributed by atoms with E-state index in [1.54, 1.807) is 28.0 Å². The van der Waals surface area contributed by atoms with Crippen LogP contribution in [-0.4, -0.2) is 18.5 Å². The lowest BCUT2D eigenvalue weighted by Gasteiger charge is -2.30. The number of ether oxygens (including phenoxy) is 1. The standard InChI is InChI=1S/C22H19NO3S2/c24-21(15-26-22(25)13-5-7-16-8-6-14-27-16)23-17-9-1-3-11-19(17)28-20-12-4-2-10-18(20)23/h1-4,6,8-12,14H,5,7,13,15H2. The van der Waals surface area contributed by atoms with Crippen LogP contribution in [0.2, 0.25) is 0 Å². The van der Waals surface area contributed by atoms with Crippen molar-refractivity contribution in [2.75, 3.05) is 11.5 Å². The number of hydrogen-bond acceptors (Lipinski definition) is 5. The molecule has 6 heteroatoms. The van der Waals surface area contributed by atoms with E-state index in [1.165, 1.54) is 4.88 Å². The molecule has 0 radical (unpaired) electrons. The van der Waals surface area contributed by atoms with Crippen molar-refractivity contribution >= 4 is 46.3 Å². The van der Waals surface area contributed by atoms with Crippen molar-refractivity contribution in [2.24, 2.45) is 0 Å². The normalized spacial score (nSPS) is 12.2. The van der Waals surface area contributed by atoms with Crippen molar-refractivity contribution in [1.29, 1.82) is 0 Å². The molecule has 1 aromatic heterocycles. The summed E-state index contributed by atoms with van der Waals surface area (Å²) in [5.41, 5.74) is 1.65. The predicted octanol–water partition coefficient (Wildman–Crippen LogP) is 5.44. The van der Waals surface area contributed by atoms with Gasteiger partial charge in [-0.25, -0.2) is 0 Å². The van der Waals surface area contributed by atoms with E-state index in [1.807, 2.05) is 60.0 Å². The number of thiophene rings is 1. The van der Waals surface area contributed by atoms with Gasteiger partial charge in [0.2, 0.25) is 0 Å². The molecule has 1 aliphatic rings. The molecule has 142 valence electrons. The monoisotopic (exact) mass is 409 g/mol. The fraction of sp³-hybridized carbons (Fsp3) is 0.182. The van der Waals surface area contributed by atoms with E-state index >= 15 is 0 Å². The number of fused-ring (bicyclic) bond motifs is 2. The molecular weight excluding hydrogens is 390 g/mol. The molecule has 0 atom stereocenters. The summed E-state index contributed by atoms with van der Waals surface area (Å²) in [6.45, 7) is -0.259. The maximum absolute atomic E-state index is 12.9. The molecule has 2 aromatic carbocycles. The Kier molecular flexibility index (Phi) is 5.78. The SMILES string of the molecule is O=C(CCCc1cccs1)OCC(=O)N1c2ccccc2Sc2ccccc21. The molecule has 0 fully saturated rings. The van der Waals surface area contributed by atoms with Gasteiger partial charge in [0, 0.05) is 21.1 Å². The van der Waals surface area contributed by atoms with Gasteiger partial charge in [-0.2, -0.15) is 0 Å². The van der Waals surface area contributed by atoms with Gasteiger partial charge >= 0.3 is 5.97 Å². The van der Waals surface area contributed by atoms with Gasteiger partial charge in [0.05, 0.1) is 11.4 Å². The molecule has 0 unspecified atom stereocenters. The molecule has 28 heavy (non-hydrogen) atoms. The molecule has 4 rings (SSSR count). The van der Waals surface area contributed by atoms with Crippen molar-refractivity contribution in [3.63, 3.8) is 0 Å². The number of nitrogens with zero attached hydrogens (tertiary/aromatic N) is 1. The molecule has 0 N–H and O–H groups in total. The maximum atomic E-state index is 12.9. The lowest BCUT2D eigenvalue weighted by molar-refractivity contribution is -0.147. The Bertz CT molecular complexity index is 939. The average molecular weight is 410 g/mol. The minimum atomic E-state index is -0.335. The van der Waals surface area contributed by atoms with Gasteiger partial charge < -0.3 is 4.74 Å². The first-order valence-corrected chi connectivity index (χ1v) is 10.8. The van der Waals surface area contributed by atoms with E-state index in [-0.39, 0.29) is 18.5 Å². The zero-order valence-corrected chi connectivity index (χ0v) is 16.8. The minimum Gasteiger partial charge on any atom is -0.456 e. The van der Waals surface area contributed by atoms with E-state index in [0.29, 0.717) is 6.42 Å². The van der Waals surface area contributed by atoms with Crippen molar-refractivity contribution in [3.8, 4) is 0 Å². The number of para-hydroxylation sites is 2. The van der Waals surface area contributed by atoms with Crippen LogP contribution >= 0.6 is 23.1 Å². The highest BCUT2D eigenvalue weighted by molar-refractivity contribution is 7.99. The Morgan fingerprint density at radius 3 is 2.21 bits per heavy atom. The summed E-state index contributed by atoms with van der Waals surface area (Å²) in [7, 11) is 0. The second-order valence-corrected chi connectivity index (χ2v) is 8.48. The number of amides is 1. The quantitative estimate of drug-likeness (QED) is 0.508. The zero-order chi connectivity index (χ0) is 19.3. The van der Waals surface area contributed by atoms with Gasteiger partial charge in [-0.1, -0.05) is 42.1 Å².